The Morgan fingerprint density at radius 3 is 3.15 bits per heavy atom. The highest BCUT2D eigenvalue weighted by Gasteiger charge is 2.11. The van der Waals surface area contributed by atoms with Crippen LogP contribution < -0.4 is 10.1 Å². The minimum Gasteiger partial charge on any atom is -0.493 e. The van der Waals surface area contributed by atoms with E-state index in [4.69, 9.17) is 4.74 Å². The van der Waals surface area contributed by atoms with Gasteiger partial charge in [0, 0.05) is 19.2 Å². The number of hydrogen-bond acceptors (Lipinski definition) is 4. The standard InChI is InChI=1S/C16H19N3O/c1-12-18-8-5-15(19-12)11-17-7-4-13-2-3-16-14(10-13)6-9-20-16/h2-3,5,8,10,17H,4,6-7,9,11H2,1H3. The summed E-state index contributed by atoms with van der Waals surface area (Å²) in [5.74, 6) is 1.88. The number of aryl methyl sites for hydroxylation is 1. The van der Waals surface area contributed by atoms with Crippen molar-refractivity contribution >= 4 is 0 Å². The van der Waals surface area contributed by atoms with Gasteiger partial charge in [-0.05, 0) is 43.1 Å². The molecule has 104 valence electrons. The van der Waals surface area contributed by atoms with Crippen molar-refractivity contribution in [1.82, 2.24) is 15.3 Å². The molecule has 0 amide bonds. The van der Waals surface area contributed by atoms with Crippen LogP contribution in [0.15, 0.2) is 30.5 Å². The molecule has 2 heterocycles. The van der Waals surface area contributed by atoms with Gasteiger partial charge in [-0.1, -0.05) is 12.1 Å². The average Bonchev–Trinajstić information content (AvgIpc) is 2.91. The van der Waals surface area contributed by atoms with Crippen LogP contribution in [0.4, 0.5) is 0 Å². The number of nitrogens with zero attached hydrogens (tertiary/aromatic N) is 2. The van der Waals surface area contributed by atoms with E-state index in [1.807, 2.05) is 13.0 Å². The fourth-order valence-electron chi connectivity index (χ4n) is 2.45. The lowest BCUT2D eigenvalue weighted by Gasteiger charge is -2.06. The maximum Gasteiger partial charge on any atom is 0.125 e. The minimum atomic E-state index is 0.789. The van der Waals surface area contributed by atoms with Crippen molar-refractivity contribution in [2.75, 3.05) is 13.2 Å². The van der Waals surface area contributed by atoms with E-state index in [2.05, 4.69) is 33.5 Å². The molecule has 0 radical (unpaired) electrons. The van der Waals surface area contributed by atoms with Crippen molar-refractivity contribution in [1.29, 1.82) is 0 Å². The molecule has 1 aliphatic heterocycles. The van der Waals surface area contributed by atoms with Crippen molar-refractivity contribution in [2.24, 2.45) is 0 Å². The molecule has 0 saturated heterocycles. The van der Waals surface area contributed by atoms with Crippen LogP contribution in [0.3, 0.4) is 0 Å². The molecule has 1 aromatic heterocycles. The lowest BCUT2D eigenvalue weighted by molar-refractivity contribution is 0.357. The third-order valence-electron chi connectivity index (χ3n) is 3.48. The maximum absolute atomic E-state index is 5.52. The zero-order chi connectivity index (χ0) is 13.8. The Balaban J connectivity index is 1.48. The average molecular weight is 269 g/mol. The third kappa shape index (κ3) is 3.14. The molecule has 0 fully saturated rings. The van der Waals surface area contributed by atoms with Gasteiger partial charge >= 0.3 is 0 Å². The Hall–Kier alpha value is -1.94. The molecule has 1 aromatic carbocycles. The molecule has 4 heteroatoms. The van der Waals surface area contributed by atoms with Crippen molar-refractivity contribution in [3.63, 3.8) is 0 Å². The zero-order valence-corrected chi connectivity index (χ0v) is 11.7. The van der Waals surface area contributed by atoms with Crippen molar-refractivity contribution in [3.8, 4) is 5.75 Å². The van der Waals surface area contributed by atoms with E-state index in [1.54, 1.807) is 6.20 Å². The van der Waals surface area contributed by atoms with Crippen molar-refractivity contribution in [2.45, 2.75) is 26.3 Å². The summed E-state index contributed by atoms with van der Waals surface area (Å²) in [6.07, 6.45) is 3.87. The van der Waals surface area contributed by atoms with Gasteiger partial charge in [-0.2, -0.15) is 0 Å². The van der Waals surface area contributed by atoms with Gasteiger partial charge in [0.15, 0.2) is 0 Å². The summed E-state index contributed by atoms with van der Waals surface area (Å²) >= 11 is 0. The van der Waals surface area contributed by atoms with E-state index in [0.29, 0.717) is 0 Å². The molecular weight excluding hydrogens is 250 g/mol. The molecule has 0 spiro atoms. The molecule has 1 N–H and O–H groups in total. The van der Waals surface area contributed by atoms with Crippen LogP contribution in [0.25, 0.3) is 0 Å². The van der Waals surface area contributed by atoms with Gasteiger partial charge in [0.2, 0.25) is 0 Å². The van der Waals surface area contributed by atoms with Crippen LogP contribution >= 0.6 is 0 Å². The number of benzene rings is 1. The number of fused-ring (bicyclic) bond motifs is 1. The van der Waals surface area contributed by atoms with Crippen LogP contribution in [-0.4, -0.2) is 23.1 Å². The minimum absolute atomic E-state index is 0.789. The van der Waals surface area contributed by atoms with E-state index in [0.717, 1.165) is 49.8 Å². The number of nitrogens with one attached hydrogen (secondary N) is 1. The van der Waals surface area contributed by atoms with Crippen molar-refractivity contribution < 1.29 is 4.74 Å². The second-order valence-corrected chi connectivity index (χ2v) is 5.06. The summed E-state index contributed by atoms with van der Waals surface area (Å²) in [7, 11) is 0. The van der Waals surface area contributed by atoms with Gasteiger partial charge < -0.3 is 10.1 Å². The maximum atomic E-state index is 5.52. The fourth-order valence-corrected chi connectivity index (χ4v) is 2.45. The Bertz CT molecular complexity index is 598. The lowest BCUT2D eigenvalue weighted by atomic mass is 10.1. The highest BCUT2D eigenvalue weighted by molar-refractivity contribution is 5.39. The molecule has 0 unspecified atom stereocenters. The summed E-state index contributed by atoms with van der Waals surface area (Å²) in [5.41, 5.74) is 3.74. The van der Waals surface area contributed by atoms with Gasteiger partial charge in [-0.3, -0.25) is 0 Å². The Morgan fingerprint density at radius 1 is 1.30 bits per heavy atom. The number of ether oxygens (including phenoxy) is 1. The summed E-state index contributed by atoms with van der Waals surface area (Å²) in [4.78, 5) is 8.47. The molecule has 2 aromatic rings. The quantitative estimate of drug-likeness (QED) is 0.844. The van der Waals surface area contributed by atoms with Crippen LogP contribution in [0.1, 0.15) is 22.6 Å². The Labute approximate surface area is 119 Å². The van der Waals surface area contributed by atoms with Gasteiger partial charge in [0.1, 0.15) is 11.6 Å². The highest BCUT2D eigenvalue weighted by atomic mass is 16.5. The number of aromatic nitrogens is 2. The van der Waals surface area contributed by atoms with Gasteiger partial charge in [-0.15, -0.1) is 0 Å². The molecular formula is C16H19N3O. The molecule has 0 aliphatic carbocycles. The Morgan fingerprint density at radius 2 is 2.25 bits per heavy atom. The summed E-state index contributed by atoms with van der Waals surface area (Å²) in [6, 6.07) is 8.46. The van der Waals surface area contributed by atoms with E-state index < -0.39 is 0 Å². The summed E-state index contributed by atoms with van der Waals surface area (Å²) in [5, 5.41) is 3.42. The third-order valence-corrected chi connectivity index (χ3v) is 3.48. The van der Waals surface area contributed by atoms with Gasteiger partial charge in [0.25, 0.3) is 0 Å². The SMILES string of the molecule is Cc1nccc(CNCCc2ccc3c(c2)CCO3)n1. The number of hydrogen-bond donors (Lipinski definition) is 1. The first kappa shape index (κ1) is 13.1. The van der Waals surface area contributed by atoms with E-state index in [-0.39, 0.29) is 0 Å². The smallest absolute Gasteiger partial charge is 0.125 e. The molecule has 3 rings (SSSR count). The van der Waals surface area contributed by atoms with Crippen LogP contribution in [0, 0.1) is 6.92 Å². The van der Waals surface area contributed by atoms with E-state index in [9.17, 15) is 0 Å². The largest absolute Gasteiger partial charge is 0.493 e. The normalized spacial score (nSPS) is 13.1. The number of rotatable bonds is 5. The monoisotopic (exact) mass is 269 g/mol. The van der Waals surface area contributed by atoms with Gasteiger partial charge in [-0.25, -0.2) is 9.97 Å². The predicted molar refractivity (Wildman–Crippen MR) is 77.8 cm³/mol. The van der Waals surface area contributed by atoms with Crippen LogP contribution in [0.2, 0.25) is 0 Å². The first-order valence-corrected chi connectivity index (χ1v) is 7.05. The van der Waals surface area contributed by atoms with Gasteiger partial charge in [0.05, 0.1) is 12.3 Å². The lowest BCUT2D eigenvalue weighted by Crippen LogP contribution is -2.17. The zero-order valence-electron chi connectivity index (χ0n) is 11.7. The van der Waals surface area contributed by atoms with Crippen LogP contribution in [0.5, 0.6) is 5.75 Å². The molecule has 0 bridgehead atoms. The molecule has 0 saturated carbocycles. The molecule has 1 aliphatic rings. The topological polar surface area (TPSA) is 47.0 Å². The first-order chi connectivity index (χ1) is 9.81. The molecule has 4 nitrogen and oxygen atoms in total. The molecule has 20 heavy (non-hydrogen) atoms. The second kappa shape index (κ2) is 6.01. The van der Waals surface area contributed by atoms with Crippen molar-refractivity contribution in [3.05, 3.63) is 53.1 Å². The Kier molecular flexibility index (Phi) is 3.92. The predicted octanol–water partition coefficient (Wildman–Crippen LogP) is 2.05. The second-order valence-electron chi connectivity index (χ2n) is 5.06. The highest BCUT2D eigenvalue weighted by Crippen LogP contribution is 2.25. The molecule has 0 atom stereocenters. The fraction of sp³-hybridized carbons (Fsp3) is 0.375. The van der Waals surface area contributed by atoms with E-state index in [1.165, 1.54) is 11.1 Å². The van der Waals surface area contributed by atoms with E-state index >= 15 is 0 Å². The summed E-state index contributed by atoms with van der Waals surface area (Å²) < 4.78 is 5.52. The first-order valence-electron chi connectivity index (χ1n) is 7.05. The van der Waals surface area contributed by atoms with Crippen LogP contribution in [-0.2, 0) is 19.4 Å². The summed E-state index contributed by atoms with van der Waals surface area (Å²) in [6.45, 7) is 4.47.